The predicted octanol–water partition coefficient (Wildman–Crippen LogP) is 2.36. The Bertz CT molecular complexity index is 419. The minimum Gasteiger partial charge on any atom is -0.381 e. The number of rotatable bonds is 3. The van der Waals surface area contributed by atoms with Crippen molar-refractivity contribution in [3.63, 3.8) is 0 Å². The molecule has 5 nitrogen and oxygen atoms in total. The molecule has 0 aliphatic carbocycles. The average Bonchev–Trinajstić information content (AvgIpc) is 2.30. The molecule has 1 heterocycles. The molecule has 1 aliphatic rings. The fourth-order valence-electron chi connectivity index (χ4n) is 1.96. The molecule has 1 aromatic rings. The van der Waals surface area contributed by atoms with Gasteiger partial charge in [0.2, 0.25) is 0 Å². The van der Waals surface area contributed by atoms with Crippen molar-refractivity contribution in [2.75, 3.05) is 18.4 Å². The summed E-state index contributed by atoms with van der Waals surface area (Å²) in [6.45, 7) is 2.03. The summed E-state index contributed by atoms with van der Waals surface area (Å²) in [4.78, 5) is 10.3. The van der Waals surface area contributed by atoms with Crippen LogP contribution >= 0.6 is 22.6 Å². The number of halogens is 1. The maximum Gasteiger partial charge on any atom is 0.282 e. The van der Waals surface area contributed by atoms with Crippen molar-refractivity contribution in [1.82, 2.24) is 5.32 Å². The molecule has 0 spiro atoms. The Hall–Kier alpha value is -0.890. The van der Waals surface area contributed by atoms with E-state index in [-0.39, 0.29) is 10.6 Å². The number of nitro groups is 1. The fraction of sp³-hybridized carbons (Fsp3) is 0.455. The predicted molar refractivity (Wildman–Crippen MR) is 75.3 cm³/mol. The molecule has 0 saturated carbocycles. The lowest BCUT2D eigenvalue weighted by atomic mass is 10.1. The highest BCUT2D eigenvalue weighted by Crippen LogP contribution is 2.24. The van der Waals surface area contributed by atoms with Gasteiger partial charge in [-0.25, -0.2) is 0 Å². The van der Waals surface area contributed by atoms with Crippen molar-refractivity contribution < 1.29 is 4.92 Å². The number of nitro benzene ring substituents is 1. The van der Waals surface area contributed by atoms with E-state index in [0.29, 0.717) is 9.61 Å². The van der Waals surface area contributed by atoms with Gasteiger partial charge in [0.15, 0.2) is 0 Å². The van der Waals surface area contributed by atoms with Crippen LogP contribution in [0.15, 0.2) is 18.2 Å². The van der Waals surface area contributed by atoms with E-state index in [0.717, 1.165) is 25.2 Å². The molecule has 1 unspecified atom stereocenters. The Morgan fingerprint density at radius 2 is 2.35 bits per heavy atom. The van der Waals surface area contributed by atoms with Crippen LogP contribution in [-0.4, -0.2) is 24.1 Å². The topological polar surface area (TPSA) is 67.2 Å². The van der Waals surface area contributed by atoms with E-state index in [1.54, 1.807) is 12.1 Å². The van der Waals surface area contributed by atoms with Gasteiger partial charge in [0.05, 0.1) is 8.49 Å². The third-order valence-corrected chi connectivity index (χ3v) is 3.68. The molecule has 1 aliphatic heterocycles. The second kappa shape index (κ2) is 5.63. The molecular formula is C11H14IN3O2. The molecule has 1 saturated heterocycles. The highest BCUT2D eigenvalue weighted by atomic mass is 127. The van der Waals surface area contributed by atoms with Crippen LogP contribution in [0.5, 0.6) is 0 Å². The van der Waals surface area contributed by atoms with E-state index < -0.39 is 0 Å². The third kappa shape index (κ3) is 3.29. The SMILES string of the molecule is O=[N+]([O-])c1ccc(NC2CCCNC2)cc1I. The molecule has 0 aromatic heterocycles. The zero-order valence-electron chi connectivity index (χ0n) is 9.28. The van der Waals surface area contributed by atoms with Crippen molar-refractivity contribution in [3.05, 3.63) is 31.9 Å². The summed E-state index contributed by atoms with van der Waals surface area (Å²) < 4.78 is 0.668. The fourth-order valence-corrected chi connectivity index (χ4v) is 2.67. The number of hydrogen-bond donors (Lipinski definition) is 2. The van der Waals surface area contributed by atoms with E-state index in [9.17, 15) is 10.1 Å². The Kier molecular flexibility index (Phi) is 4.16. The molecule has 0 amide bonds. The lowest BCUT2D eigenvalue weighted by Gasteiger charge is -2.24. The van der Waals surface area contributed by atoms with Gasteiger partial charge in [-0.3, -0.25) is 10.1 Å². The second-order valence-corrected chi connectivity index (χ2v) is 5.27. The Morgan fingerprint density at radius 1 is 1.53 bits per heavy atom. The molecule has 17 heavy (non-hydrogen) atoms. The van der Waals surface area contributed by atoms with Gasteiger partial charge in [0, 0.05) is 24.3 Å². The summed E-state index contributed by atoms with van der Waals surface area (Å²) >= 11 is 2.00. The molecule has 6 heteroatoms. The van der Waals surface area contributed by atoms with Gasteiger partial charge in [0.1, 0.15) is 0 Å². The second-order valence-electron chi connectivity index (χ2n) is 4.11. The third-order valence-electron chi connectivity index (χ3n) is 2.81. The standard InChI is InChI=1S/C11H14IN3O2/c12-10-6-8(3-4-11(10)15(16)17)14-9-2-1-5-13-7-9/h3-4,6,9,13-14H,1-2,5,7H2. The van der Waals surface area contributed by atoms with E-state index in [1.165, 1.54) is 6.42 Å². The highest BCUT2D eigenvalue weighted by molar-refractivity contribution is 14.1. The van der Waals surface area contributed by atoms with Crippen LogP contribution in [0.4, 0.5) is 11.4 Å². The first-order chi connectivity index (χ1) is 8.16. The number of piperidine rings is 1. The van der Waals surface area contributed by atoms with Crippen LogP contribution in [0.25, 0.3) is 0 Å². The van der Waals surface area contributed by atoms with Crippen LogP contribution in [0, 0.1) is 13.7 Å². The molecule has 0 bridgehead atoms. The van der Waals surface area contributed by atoms with Gasteiger partial charge in [-0.05, 0) is 54.1 Å². The minimum atomic E-state index is -0.353. The van der Waals surface area contributed by atoms with Crippen molar-refractivity contribution in [2.24, 2.45) is 0 Å². The van der Waals surface area contributed by atoms with Gasteiger partial charge in [-0.1, -0.05) is 0 Å². The molecule has 92 valence electrons. The van der Waals surface area contributed by atoms with Crippen LogP contribution in [0.1, 0.15) is 12.8 Å². The molecule has 0 radical (unpaired) electrons. The number of nitrogens with one attached hydrogen (secondary N) is 2. The number of anilines is 1. The van der Waals surface area contributed by atoms with E-state index in [4.69, 9.17) is 0 Å². The van der Waals surface area contributed by atoms with Crippen LogP contribution in [0.3, 0.4) is 0 Å². The minimum absolute atomic E-state index is 0.165. The summed E-state index contributed by atoms with van der Waals surface area (Å²) in [7, 11) is 0. The average molecular weight is 347 g/mol. The molecule has 1 fully saturated rings. The van der Waals surface area contributed by atoms with Crippen LogP contribution in [0.2, 0.25) is 0 Å². The lowest BCUT2D eigenvalue weighted by Crippen LogP contribution is -2.38. The van der Waals surface area contributed by atoms with E-state index >= 15 is 0 Å². The zero-order valence-corrected chi connectivity index (χ0v) is 11.4. The van der Waals surface area contributed by atoms with E-state index in [2.05, 4.69) is 10.6 Å². The zero-order chi connectivity index (χ0) is 12.3. The Balaban J connectivity index is 2.06. The number of hydrogen-bond acceptors (Lipinski definition) is 4. The summed E-state index contributed by atoms with van der Waals surface area (Å²) in [6, 6.07) is 5.57. The van der Waals surface area contributed by atoms with E-state index in [1.807, 2.05) is 28.7 Å². The summed E-state index contributed by atoms with van der Waals surface area (Å²) in [6.07, 6.45) is 2.31. The van der Waals surface area contributed by atoms with Crippen molar-refractivity contribution >= 4 is 34.0 Å². The number of nitrogens with zero attached hydrogens (tertiary/aromatic N) is 1. The molecule has 2 N–H and O–H groups in total. The van der Waals surface area contributed by atoms with Crippen molar-refractivity contribution in [3.8, 4) is 0 Å². The first kappa shape index (κ1) is 12.6. The first-order valence-electron chi connectivity index (χ1n) is 5.58. The summed E-state index contributed by atoms with van der Waals surface area (Å²) in [5.41, 5.74) is 1.12. The van der Waals surface area contributed by atoms with Gasteiger partial charge < -0.3 is 10.6 Å². The summed E-state index contributed by atoms with van der Waals surface area (Å²) in [5, 5.41) is 17.4. The van der Waals surface area contributed by atoms with Gasteiger partial charge in [0.25, 0.3) is 5.69 Å². The van der Waals surface area contributed by atoms with Crippen LogP contribution in [-0.2, 0) is 0 Å². The Morgan fingerprint density at radius 3 is 2.94 bits per heavy atom. The smallest absolute Gasteiger partial charge is 0.282 e. The maximum atomic E-state index is 10.7. The van der Waals surface area contributed by atoms with Gasteiger partial charge in [-0.15, -0.1) is 0 Å². The normalized spacial score (nSPS) is 19.9. The van der Waals surface area contributed by atoms with Gasteiger partial charge in [-0.2, -0.15) is 0 Å². The van der Waals surface area contributed by atoms with Gasteiger partial charge >= 0.3 is 0 Å². The summed E-state index contributed by atoms with van der Waals surface area (Å²) in [5.74, 6) is 0. The van der Waals surface area contributed by atoms with Crippen LogP contribution < -0.4 is 10.6 Å². The lowest BCUT2D eigenvalue weighted by molar-refractivity contribution is -0.385. The quantitative estimate of drug-likeness (QED) is 0.501. The monoisotopic (exact) mass is 347 g/mol. The highest BCUT2D eigenvalue weighted by Gasteiger charge is 2.15. The van der Waals surface area contributed by atoms with Crippen molar-refractivity contribution in [2.45, 2.75) is 18.9 Å². The molecule has 1 aromatic carbocycles. The Labute approximate surface area is 113 Å². The largest absolute Gasteiger partial charge is 0.381 e. The number of benzene rings is 1. The molecule has 2 rings (SSSR count). The molecule has 1 atom stereocenters. The molecular weight excluding hydrogens is 333 g/mol. The van der Waals surface area contributed by atoms with Crippen molar-refractivity contribution in [1.29, 1.82) is 0 Å². The first-order valence-corrected chi connectivity index (χ1v) is 6.66. The maximum absolute atomic E-state index is 10.7.